The van der Waals surface area contributed by atoms with E-state index >= 15 is 0 Å². The molecule has 2 heteroatoms. The Hall–Kier alpha value is -1.64. The standard InChI is InChI=1S/C24H32O2/c1-3-5-6-7-8-20-11-15-22(16-12-20)24-18-25-23(17-26-24)21-13-9-19(4-2)10-14-21/h9-16,23-24H,3-8,17-18H2,1-2H3/t23-,24+/m1/s1. The summed E-state index contributed by atoms with van der Waals surface area (Å²) in [5.74, 6) is 0. The van der Waals surface area contributed by atoms with Crippen molar-refractivity contribution in [3.05, 3.63) is 70.8 Å². The first-order chi connectivity index (χ1) is 12.8. The molecule has 0 radical (unpaired) electrons. The van der Waals surface area contributed by atoms with Gasteiger partial charge in [-0.1, -0.05) is 81.6 Å². The molecule has 1 fully saturated rings. The molecule has 0 aliphatic carbocycles. The molecule has 1 aliphatic rings. The lowest BCUT2D eigenvalue weighted by Crippen LogP contribution is -2.25. The van der Waals surface area contributed by atoms with Crippen molar-refractivity contribution in [2.75, 3.05) is 13.2 Å². The van der Waals surface area contributed by atoms with E-state index in [1.54, 1.807) is 0 Å². The molecule has 2 nitrogen and oxygen atoms in total. The smallest absolute Gasteiger partial charge is 0.106 e. The first-order valence-corrected chi connectivity index (χ1v) is 10.2. The van der Waals surface area contributed by atoms with E-state index in [4.69, 9.17) is 9.47 Å². The Morgan fingerprint density at radius 2 is 1.23 bits per heavy atom. The molecule has 0 spiro atoms. The van der Waals surface area contributed by atoms with Gasteiger partial charge in [-0.2, -0.15) is 0 Å². The molecule has 0 amide bonds. The highest BCUT2D eigenvalue weighted by Gasteiger charge is 2.24. The van der Waals surface area contributed by atoms with Crippen LogP contribution in [0.4, 0.5) is 0 Å². The van der Waals surface area contributed by atoms with Crippen LogP contribution in [-0.4, -0.2) is 13.2 Å². The topological polar surface area (TPSA) is 18.5 Å². The summed E-state index contributed by atoms with van der Waals surface area (Å²) in [5, 5.41) is 0. The average Bonchev–Trinajstić information content (AvgIpc) is 2.72. The number of hydrogen-bond donors (Lipinski definition) is 0. The Labute approximate surface area is 158 Å². The number of ether oxygens (including phenoxy) is 2. The Kier molecular flexibility index (Phi) is 7.28. The maximum atomic E-state index is 6.12. The van der Waals surface area contributed by atoms with Crippen molar-refractivity contribution in [2.45, 2.75) is 64.6 Å². The highest BCUT2D eigenvalue weighted by atomic mass is 16.6. The molecule has 2 aromatic rings. The highest BCUT2D eigenvalue weighted by Crippen LogP contribution is 2.30. The van der Waals surface area contributed by atoms with E-state index in [9.17, 15) is 0 Å². The predicted octanol–water partition coefficient (Wildman–Crippen LogP) is 6.20. The highest BCUT2D eigenvalue weighted by molar-refractivity contribution is 5.26. The fraction of sp³-hybridized carbons (Fsp3) is 0.500. The van der Waals surface area contributed by atoms with Gasteiger partial charge >= 0.3 is 0 Å². The van der Waals surface area contributed by atoms with Gasteiger partial charge in [-0.15, -0.1) is 0 Å². The van der Waals surface area contributed by atoms with E-state index < -0.39 is 0 Å². The largest absolute Gasteiger partial charge is 0.368 e. The Morgan fingerprint density at radius 3 is 1.69 bits per heavy atom. The fourth-order valence-corrected chi connectivity index (χ4v) is 3.51. The van der Waals surface area contributed by atoms with E-state index in [0.29, 0.717) is 13.2 Å². The van der Waals surface area contributed by atoms with Crippen molar-refractivity contribution in [3.8, 4) is 0 Å². The molecular weight excluding hydrogens is 320 g/mol. The normalized spacial score (nSPS) is 20.2. The second-order valence-corrected chi connectivity index (χ2v) is 7.29. The molecule has 2 aromatic carbocycles. The van der Waals surface area contributed by atoms with Crippen molar-refractivity contribution < 1.29 is 9.47 Å². The number of rotatable bonds is 8. The van der Waals surface area contributed by atoms with Crippen LogP contribution in [0.5, 0.6) is 0 Å². The van der Waals surface area contributed by atoms with Gasteiger partial charge in [-0.05, 0) is 41.5 Å². The molecule has 140 valence electrons. The van der Waals surface area contributed by atoms with Gasteiger partial charge < -0.3 is 9.47 Å². The van der Waals surface area contributed by atoms with Crippen molar-refractivity contribution in [2.24, 2.45) is 0 Å². The number of unbranched alkanes of at least 4 members (excludes halogenated alkanes) is 3. The molecule has 1 heterocycles. The van der Waals surface area contributed by atoms with Crippen LogP contribution in [0.2, 0.25) is 0 Å². The van der Waals surface area contributed by atoms with Crippen LogP contribution in [0, 0.1) is 0 Å². The summed E-state index contributed by atoms with van der Waals surface area (Å²) in [4.78, 5) is 0. The van der Waals surface area contributed by atoms with Crippen molar-refractivity contribution in [1.82, 2.24) is 0 Å². The summed E-state index contributed by atoms with van der Waals surface area (Å²) in [5.41, 5.74) is 5.22. The molecule has 1 aliphatic heterocycles. The molecule has 0 saturated carbocycles. The van der Waals surface area contributed by atoms with Gasteiger partial charge in [-0.3, -0.25) is 0 Å². The summed E-state index contributed by atoms with van der Waals surface area (Å²) in [6, 6.07) is 17.6. The SMILES string of the molecule is CCCCCCc1ccc([C@@H]2CO[C@@H](c3ccc(CC)cc3)CO2)cc1. The second-order valence-electron chi connectivity index (χ2n) is 7.29. The van der Waals surface area contributed by atoms with Gasteiger partial charge in [0, 0.05) is 0 Å². The summed E-state index contributed by atoms with van der Waals surface area (Å²) in [7, 11) is 0. The van der Waals surface area contributed by atoms with E-state index in [2.05, 4.69) is 62.4 Å². The number of hydrogen-bond acceptors (Lipinski definition) is 2. The van der Waals surface area contributed by atoms with Gasteiger partial charge in [-0.25, -0.2) is 0 Å². The van der Waals surface area contributed by atoms with Gasteiger partial charge in [0.25, 0.3) is 0 Å². The summed E-state index contributed by atoms with van der Waals surface area (Å²) in [6.07, 6.45) is 7.60. The van der Waals surface area contributed by atoms with E-state index in [1.807, 2.05) is 0 Å². The second kappa shape index (κ2) is 9.89. The third kappa shape index (κ3) is 5.18. The van der Waals surface area contributed by atoms with E-state index in [0.717, 1.165) is 6.42 Å². The molecule has 1 saturated heterocycles. The van der Waals surface area contributed by atoms with Crippen LogP contribution < -0.4 is 0 Å². The first kappa shape index (κ1) is 19.1. The lowest BCUT2D eigenvalue weighted by atomic mass is 10.0. The van der Waals surface area contributed by atoms with Gasteiger partial charge in [0.2, 0.25) is 0 Å². The van der Waals surface area contributed by atoms with Crippen LogP contribution in [0.25, 0.3) is 0 Å². The third-order valence-electron chi connectivity index (χ3n) is 5.33. The molecule has 0 unspecified atom stereocenters. The molecule has 0 bridgehead atoms. The minimum Gasteiger partial charge on any atom is -0.368 e. The number of aryl methyl sites for hydroxylation is 2. The van der Waals surface area contributed by atoms with Crippen LogP contribution in [-0.2, 0) is 22.3 Å². The van der Waals surface area contributed by atoms with Crippen molar-refractivity contribution in [3.63, 3.8) is 0 Å². The third-order valence-corrected chi connectivity index (χ3v) is 5.33. The Bertz CT molecular complexity index is 637. The van der Waals surface area contributed by atoms with Gasteiger partial charge in [0.05, 0.1) is 13.2 Å². The Balaban J connectivity index is 1.49. The molecule has 26 heavy (non-hydrogen) atoms. The molecule has 2 atom stereocenters. The van der Waals surface area contributed by atoms with E-state index in [-0.39, 0.29) is 12.2 Å². The fourth-order valence-electron chi connectivity index (χ4n) is 3.51. The van der Waals surface area contributed by atoms with Crippen LogP contribution in [0.15, 0.2) is 48.5 Å². The zero-order valence-electron chi connectivity index (χ0n) is 16.2. The lowest BCUT2D eigenvalue weighted by Gasteiger charge is -2.30. The quantitative estimate of drug-likeness (QED) is 0.527. The lowest BCUT2D eigenvalue weighted by molar-refractivity contribution is -0.137. The molecule has 3 rings (SSSR count). The zero-order valence-corrected chi connectivity index (χ0v) is 16.2. The zero-order chi connectivity index (χ0) is 18.2. The van der Waals surface area contributed by atoms with Crippen LogP contribution >= 0.6 is 0 Å². The molecule has 0 N–H and O–H groups in total. The minimum absolute atomic E-state index is 0.0509. The minimum atomic E-state index is 0.0509. The van der Waals surface area contributed by atoms with E-state index in [1.165, 1.54) is 54.4 Å². The monoisotopic (exact) mass is 352 g/mol. The van der Waals surface area contributed by atoms with Crippen LogP contribution in [0.1, 0.15) is 74.0 Å². The van der Waals surface area contributed by atoms with Gasteiger partial charge in [0.1, 0.15) is 12.2 Å². The predicted molar refractivity (Wildman–Crippen MR) is 107 cm³/mol. The van der Waals surface area contributed by atoms with Gasteiger partial charge in [0.15, 0.2) is 0 Å². The summed E-state index contributed by atoms with van der Waals surface area (Å²) < 4.78 is 12.2. The first-order valence-electron chi connectivity index (χ1n) is 10.2. The Morgan fingerprint density at radius 1 is 0.692 bits per heavy atom. The number of benzene rings is 2. The van der Waals surface area contributed by atoms with Crippen molar-refractivity contribution in [1.29, 1.82) is 0 Å². The summed E-state index contributed by atoms with van der Waals surface area (Å²) >= 11 is 0. The van der Waals surface area contributed by atoms with Crippen LogP contribution in [0.3, 0.4) is 0 Å². The average molecular weight is 353 g/mol. The van der Waals surface area contributed by atoms with Crippen molar-refractivity contribution >= 4 is 0 Å². The maximum absolute atomic E-state index is 6.12. The molecular formula is C24H32O2. The molecule has 0 aromatic heterocycles. The summed E-state index contributed by atoms with van der Waals surface area (Å²) in [6.45, 7) is 5.67. The maximum Gasteiger partial charge on any atom is 0.106 e.